The van der Waals surface area contributed by atoms with E-state index >= 15 is 0 Å². The molecule has 1 saturated heterocycles. The van der Waals surface area contributed by atoms with Crippen LogP contribution in [-0.4, -0.2) is 57.4 Å². The van der Waals surface area contributed by atoms with Gasteiger partial charge in [0.1, 0.15) is 16.5 Å². The predicted octanol–water partition coefficient (Wildman–Crippen LogP) is 2.03. The van der Waals surface area contributed by atoms with Gasteiger partial charge >= 0.3 is 5.97 Å². The zero-order chi connectivity index (χ0) is 21.0. The molecule has 0 saturated carbocycles. The van der Waals surface area contributed by atoms with E-state index in [1.165, 1.54) is 12.1 Å². The van der Waals surface area contributed by atoms with Crippen molar-refractivity contribution in [2.45, 2.75) is 4.90 Å². The normalized spacial score (nSPS) is 15.1. The van der Waals surface area contributed by atoms with Crippen LogP contribution >= 0.6 is 0 Å². The van der Waals surface area contributed by atoms with Crippen molar-refractivity contribution < 1.29 is 36.3 Å². The summed E-state index contributed by atoms with van der Waals surface area (Å²) in [6, 6.07) is 7.48. The van der Waals surface area contributed by atoms with Crippen LogP contribution in [0.4, 0.5) is 8.78 Å². The van der Waals surface area contributed by atoms with Crippen LogP contribution in [0, 0.1) is 11.6 Å². The van der Waals surface area contributed by atoms with Crippen LogP contribution in [0.25, 0.3) is 0 Å². The number of carbonyl (C=O) groups excluding carboxylic acids is 2. The van der Waals surface area contributed by atoms with E-state index in [2.05, 4.69) is 0 Å². The number of hydrogen-bond donors (Lipinski definition) is 0. The van der Waals surface area contributed by atoms with Crippen LogP contribution in [0.2, 0.25) is 0 Å². The summed E-state index contributed by atoms with van der Waals surface area (Å²) in [7, 11) is -4.16. The maximum absolute atomic E-state index is 14.2. The number of halogens is 2. The molecule has 1 aliphatic heterocycles. The minimum atomic E-state index is -4.16. The average Bonchev–Trinajstić information content (AvgIpc) is 2.73. The lowest BCUT2D eigenvalue weighted by atomic mass is 10.1. The number of ketones is 1. The highest BCUT2D eigenvalue weighted by molar-refractivity contribution is 7.89. The van der Waals surface area contributed by atoms with E-state index in [-0.39, 0.29) is 37.4 Å². The number of esters is 1. The van der Waals surface area contributed by atoms with Crippen LogP contribution in [-0.2, 0) is 19.5 Å². The molecule has 1 aliphatic rings. The Morgan fingerprint density at radius 3 is 2.28 bits per heavy atom. The van der Waals surface area contributed by atoms with Gasteiger partial charge in [0.25, 0.3) is 0 Å². The van der Waals surface area contributed by atoms with E-state index in [1.807, 2.05) is 0 Å². The number of rotatable bonds is 6. The van der Waals surface area contributed by atoms with E-state index in [9.17, 15) is 26.8 Å². The van der Waals surface area contributed by atoms with Crippen molar-refractivity contribution in [2.75, 3.05) is 32.9 Å². The van der Waals surface area contributed by atoms with Crippen LogP contribution in [0.5, 0.6) is 0 Å². The molecule has 3 rings (SSSR count). The Labute approximate surface area is 165 Å². The van der Waals surface area contributed by atoms with E-state index in [1.54, 1.807) is 0 Å². The Morgan fingerprint density at radius 1 is 1.00 bits per heavy atom. The number of morpholine rings is 1. The molecule has 0 aliphatic carbocycles. The fourth-order valence-electron chi connectivity index (χ4n) is 2.69. The van der Waals surface area contributed by atoms with Crippen molar-refractivity contribution in [2.24, 2.45) is 0 Å². The lowest BCUT2D eigenvalue weighted by molar-refractivity contribution is 0.0474. The second-order valence-electron chi connectivity index (χ2n) is 6.17. The molecule has 10 heteroatoms. The highest BCUT2D eigenvalue weighted by Crippen LogP contribution is 2.22. The number of hydrogen-bond acceptors (Lipinski definition) is 6. The van der Waals surface area contributed by atoms with Gasteiger partial charge in [-0.3, -0.25) is 4.79 Å². The average molecular weight is 425 g/mol. The van der Waals surface area contributed by atoms with Crippen LogP contribution in [0.1, 0.15) is 20.7 Å². The molecule has 2 aromatic rings. The number of Topliss-reactive ketones (excluding diaryl/α,β-unsaturated/α-hetero) is 1. The van der Waals surface area contributed by atoms with Crippen molar-refractivity contribution >= 4 is 21.8 Å². The summed E-state index contributed by atoms with van der Waals surface area (Å²) in [5.74, 6) is -3.07. The van der Waals surface area contributed by atoms with Crippen LogP contribution < -0.4 is 0 Å². The Morgan fingerprint density at radius 2 is 1.62 bits per heavy atom. The molecule has 0 atom stereocenters. The zero-order valence-electron chi connectivity index (χ0n) is 15.1. The van der Waals surface area contributed by atoms with Gasteiger partial charge in [0.15, 0.2) is 12.4 Å². The second-order valence-corrected chi connectivity index (χ2v) is 8.07. The van der Waals surface area contributed by atoms with Crippen molar-refractivity contribution in [3.05, 3.63) is 65.2 Å². The van der Waals surface area contributed by atoms with E-state index in [0.717, 1.165) is 34.6 Å². The molecule has 0 amide bonds. The lowest BCUT2D eigenvalue weighted by Crippen LogP contribution is -2.41. The summed E-state index contributed by atoms with van der Waals surface area (Å²) in [5.41, 5.74) is -0.0703. The smallest absolute Gasteiger partial charge is 0.338 e. The number of ether oxygens (including phenoxy) is 2. The maximum atomic E-state index is 14.2. The van der Waals surface area contributed by atoms with Crippen molar-refractivity contribution in [3.8, 4) is 0 Å². The van der Waals surface area contributed by atoms with Gasteiger partial charge in [-0.2, -0.15) is 4.31 Å². The molecule has 0 aromatic heterocycles. The van der Waals surface area contributed by atoms with E-state index in [4.69, 9.17) is 9.47 Å². The molecule has 29 heavy (non-hydrogen) atoms. The molecule has 1 heterocycles. The lowest BCUT2D eigenvalue weighted by Gasteiger charge is -2.26. The number of sulfonamides is 1. The monoisotopic (exact) mass is 425 g/mol. The molecule has 1 fully saturated rings. The Hall–Kier alpha value is -2.69. The molecule has 0 spiro atoms. The fraction of sp³-hybridized carbons (Fsp3) is 0.263. The highest BCUT2D eigenvalue weighted by atomic mass is 32.2. The molecule has 0 radical (unpaired) electrons. The van der Waals surface area contributed by atoms with Crippen molar-refractivity contribution in [1.82, 2.24) is 4.31 Å². The molecule has 7 nitrogen and oxygen atoms in total. The van der Waals surface area contributed by atoms with E-state index < -0.39 is 44.9 Å². The third kappa shape index (κ3) is 4.84. The summed E-state index contributed by atoms with van der Waals surface area (Å²) in [5, 5.41) is 0. The Balaban J connectivity index is 1.73. The fourth-order valence-corrected chi connectivity index (χ4v) is 4.19. The van der Waals surface area contributed by atoms with Gasteiger partial charge in [0.05, 0.1) is 18.8 Å². The predicted molar refractivity (Wildman–Crippen MR) is 97.0 cm³/mol. The second kappa shape index (κ2) is 8.76. The maximum Gasteiger partial charge on any atom is 0.338 e. The first-order valence-electron chi connectivity index (χ1n) is 8.62. The van der Waals surface area contributed by atoms with Crippen molar-refractivity contribution in [1.29, 1.82) is 0 Å². The minimum Gasteiger partial charge on any atom is -0.454 e. The third-order valence-corrected chi connectivity index (χ3v) is 6.17. The Bertz CT molecular complexity index is 1020. The quantitative estimate of drug-likeness (QED) is 0.520. The van der Waals surface area contributed by atoms with Gasteiger partial charge in [0.2, 0.25) is 10.0 Å². The van der Waals surface area contributed by atoms with Gasteiger partial charge in [0, 0.05) is 18.7 Å². The SMILES string of the molecule is O=C(COC(=O)c1ccc(F)c(S(=O)(=O)N2CCOCC2)c1)c1ccc(F)cc1. The topological polar surface area (TPSA) is 90.0 Å². The number of nitrogens with zero attached hydrogens (tertiary/aromatic N) is 1. The summed E-state index contributed by atoms with van der Waals surface area (Å²) in [6.07, 6.45) is 0. The van der Waals surface area contributed by atoms with Gasteiger partial charge < -0.3 is 9.47 Å². The van der Waals surface area contributed by atoms with Gasteiger partial charge in [-0.1, -0.05) is 0 Å². The molecule has 0 bridgehead atoms. The van der Waals surface area contributed by atoms with Crippen LogP contribution in [0.15, 0.2) is 47.4 Å². The summed E-state index contributed by atoms with van der Waals surface area (Å²) in [6.45, 7) is -0.110. The molecular formula is C19H17F2NO6S. The van der Waals surface area contributed by atoms with Crippen molar-refractivity contribution in [3.63, 3.8) is 0 Å². The summed E-state index contributed by atoms with van der Waals surface area (Å²) < 4.78 is 63.4. The standard InChI is InChI=1S/C19H17F2NO6S/c20-15-4-1-13(2-5-15)17(23)12-28-19(24)14-3-6-16(21)18(11-14)29(25,26)22-7-9-27-10-8-22/h1-6,11H,7-10,12H2. The van der Waals surface area contributed by atoms with Gasteiger partial charge in [-0.25, -0.2) is 22.0 Å². The van der Waals surface area contributed by atoms with Gasteiger partial charge in [-0.05, 0) is 42.5 Å². The Kier molecular flexibility index (Phi) is 6.36. The summed E-state index contributed by atoms with van der Waals surface area (Å²) in [4.78, 5) is 23.6. The first-order valence-corrected chi connectivity index (χ1v) is 10.1. The third-order valence-electron chi connectivity index (χ3n) is 4.26. The molecular weight excluding hydrogens is 408 g/mol. The largest absolute Gasteiger partial charge is 0.454 e. The van der Waals surface area contributed by atoms with Gasteiger partial charge in [-0.15, -0.1) is 0 Å². The summed E-state index contributed by atoms with van der Waals surface area (Å²) >= 11 is 0. The number of carbonyl (C=O) groups is 2. The first kappa shape index (κ1) is 21.0. The van der Waals surface area contributed by atoms with E-state index in [0.29, 0.717) is 0 Å². The minimum absolute atomic E-state index is 0.0720. The highest BCUT2D eigenvalue weighted by Gasteiger charge is 2.30. The first-order chi connectivity index (χ1) is 13.8. The number of benzene rings is 2. The molecule has 154 valence electrons. The van der Waals surface area contributed by atoms with Crippen LogP contribution in [0.3, 0.4) is 0 Å². The molecule has 0 unspecified atom stereocenters. The zero-order valence-corrected chi connectivity index (χ0v) is 16.0. The molecule has 0 N–H and O–H groups in total. The molecule has 2 aromatic carbocycles.